The fraction of sp³-hybridized carbons (Fsp3) is 0.708. The number of hydrogen-bond donors (Lipinski definition) is 2. The van der Waals surface area contributed by atoms with E-state index in [4.69, 9.17) is 9.47 Å². The Hall–Kier alpha value is -1.97. The molecule has 57 heavy (non-hydrogen) atoms. The summed E-state index contributed by atoms with van der Waals surface area (Å²) < 4.78 is 11.7. The lowest BCUT2D eigenvalue weighted by molar-refractivity contribution is -0.153. The van der Waals surface area contributed by atoms with Crippen molar-refractivity contribution in [3.8, 4) is 11.5 Å². The Kier molecular flexibility index (Phi) is 19.8. The molecule has 0 heterocycles. The Morgan fingerprint density at radius 3 is 1.04 bits per heavy atom. The summed E-state index contributed by atoms with van der Waals surface area (Å²) in [5, 5.41) is 22.1. The minimum atomic E-state index is -0.183. The number of phenols is 2. The molecule has 0 aliphatic carbocycles. The zero-order valence-electron chi connectivity index (χ0n) is 38.4. The molecule has 2 rings (SSSR count). The molecule has 0 spiro atoms. The molecule has 2 N–H and O–H groups in total. The highest BCUT2D eigenvalue weighted by Gasteiger charge is 2.28. The predicted molar refractivity (Wildman–Crippen MR) is 249 cm³/mol. The first-order valence-corrected chi connectivity index (χ1v) is 24.5. The van der Waals surface area contributed by atoms with Gasteiger partial charge in [0.2, 0.25) is 0 Å². The van der Waals surface area contributed by atoms with E-state index < -0.39 is 0 Å². The van der Waals surface area contributed by atoms with Crippen molar-refractivity contribution in [1.29, 1.82) is 0 Å². The fourth-order valence-electron chi connectivity index (χ4n) is 6.44. The first kappa shape index (κ1) is 51.2. The van der Waals surface area contributed by atoms with Gasteiger partial charge in [-0.1, -0.05) is 121 Å². The zero-order chi connectivity index (χ0) is 43.5. The van der Waals surface area contributed by atoms with Crippen LogP contribution in [0, 0.1) is 11.8 Å². The Labute approximate surface area is 360 Å². The van der Waals surface area contributed by atoms with E-state index in [-0.39, 0.29) is 57.6 Å². The van der Waals surface area contributed by atoms with Crippen LogP contribution >= 0.6 is 35.3 Å². The van der Waals surface area contributed by atoms with Gasteiger partial charge in [-0.25, -0.2) is 0 Å². The molecule has 4 atom stereocenters. The van der Waals surface area contributed by atoms with Crippen LogP contribution in [0.3, 0.4) is 0 Å². The van der Waals surface area contributed by atoms with Crippen molar-refractivity contribution in [2.45, 2.75) is 170 Å². The molecule has 0 amide bonds. The van der Waals surface area contributed by atoms with E-state index in [0.717, 1.165) is 93.6 Å². The SMILES string of the molecule is CC(CCc1cc(C(C)(C)C)c(O)c(C(C)(C)C)c1)OC(=O)C(C)CSCCSCCSCC(C)C(=O)OC(C)CCc1cc(C(C)(C)C)c(O)c(C(C)(C)C)c1. The summed E-state index contributed by atoms with van der Waals surface area (Å²) in [5.74, 6) is 5.67. The lowest BCUT2D eigenvalue weighted by Gasteiger charge is -2.28. The van der Waals surface area contributed by atoms with Crippen LogP contribution in [-0.4, -0.2) is 68.9 Å². The molecule has 0 aliphatic heterocycles. The van der Waals surface area contributed by atoms with Gasteiger partial charge in [0.05, 0.1) is 24.0 Å². The van der Waals surface area contributed by atoms with Crippen LogP contribution in [0.2, 0.25) is 0 Å². The standard InChI is InChI=1S/C48H78O6S3/c1-31(43(51)53-33(3)17-19-35-25-37(45(5,6)7)41(49)38(26-35)46(8,9)10)29-56-23-21-55-22-24-57-30-32(2)44(52)54-34(4)18-20-36-27-39(47(11,12)13)42(50)40(28-36)48(14,15)16/h25-28,31-34,49-50H,17-24,29-30H2,1-16H3. The fourth-order valence-corrected chi connectivity index (χ4v) is 9.85. The minimum Gasteiger partial charge on any atom is -0.507 e. The third-order valence-electron chi connectivity index (χ3n) is 10.2. The molecular formula is C48H78O6S3. The molecule has 0 radical (unpaired) electrons. The average molecular weight is 847 g/mol. The molecule has 0 aromatic heterocycles. The van der Waals surface area contributed by atoms with Crippen LogP contribution in [0.15, 0.2) is 24.3 Å². The van der Waals surface area contributed by atoms with Crippen LogP contribution in [0.25, 0.3) is 0 Å². The molecule has 4 unspecified atom stereocenters. The van der Waals surface area contributed by atoms with Crippen molar-refractivity contribution in [3.63, 3.8) is 0 Å². The van der Waals surface area contributed by atoms with Gasteiger partial charge in [0.1, 0.15) is 11.5 Å². The number of rotatable bonds is 20. The van der Waals surface area contributed by atoms with Gasteiger partial charge in [-0.2, -0.15) is 35.3 Å². The van der Waals surface area contributed by atoms with E-state index >= 15 is 0 Å². The maximum absolute atomic E-state index is 12.8. The van der Waals surface area contributed by atoms with Crippen molar-refractivity contribution in [3.05, 3.63) is 57.6 Å². The van der Waals surface area contributed by atoms with Crippen molar-refractivity contribution in [2.24, 2.45) is 11.8 Å². The number of thioether (sulfide) groups is 3. The number of carbonyl (C=O) groups is 2. The van der Waals surface area contributed by atoms with Crippen LogP contribution in [-0.2, 0) is 53.6 Å². The third-order valence-corrected chi connectivity index (χ3v) is 14.1. The number of phenolic OH excluding ortho intramolecular Hbond substituents is 2. The monoisotopic (exact) mass is 846 g/mol. The summed E-state index contributed by atoms with van der Waals surface area (Å²) in [4.78, 5) is 25.7. The van der Waals surface area contributed by atoms with E-state index in [2.05, 4.69) is 107 Å². The number of ether oxygens (including phenoxy) is 2. The summed E-state index contributed by atoms with van der Waals surface area (Å²) in [6, 6.07) is 8.45. The molecule has 6 nitrogen and oxygen atoms in total. The number of aromatic hydroxyl groups is 2. The average Bonchev–Trinajstić information content (AvgIpc) is 3.07. The lowest BCUT2D eigenvalue weighted by Crippen LogP contribution is -2.23. The van der Waals surface area contributed by atoms with Gasteiger partial charge in [0.25, 0.3) is 0 Å². The highest BCUT2D eigenvalue weighted by molar-refractivity contribution is 8.04. The van der Waals surface area contributed by atoms with E-state index in [1.54, 1.807) is 23.5 Å². The van der Waals surface area contributed by atoms with Crippen LogP contribution in [0.5, 0.6) is 11.5 Å². The Bertz CT molecular complexity index is 1400. The molecule has 0 bridgehead atoms. The topological polar surface area (TPSA) is 93.1 Å². The van der Waals surface area contributed by atoms with E-state index in [9.17, 15) is 19.8 Å². The number of esters is 2. The van der Waals surface area contributed by atoms with E-state index in [1.807, 2.05) is 39.5 Å². The molecule has 9 heteroatoms. The zero-order valence-corrected chi connectivity index (χ0v) is 40.9. The number of benzene rings is 2. The summed E-state index contributed by atoms with van der Waals surface area (Å²) in [7, 11) is 0. The highest BCUT2D eigenvalue weighted by Crippen LogP contribution is 2.41. The van der Waals surface area contributed by atoms with Crippen molar-refractivity contribution < 1.29 is 29.3 Å². The second-order valence-electron chi connectivity index (χ2n) is 20.2. The molecule has 0 aliphatic rings. The van der Waals surface area contributed by atoms with Gasteiger partial charge < -0.3 is 19.7 Å². The molecule has 0 fully saturated rings. The normalized spacial score (nSPS) is 14.9. The van der Waals surface area contributed by atoms with Crippen LogP contribution in [0.4, 0.5) is 0 Å². The Balaban J connectivity index is 1.65. The summed E-state index contributed by atoms with van der Waals surface area (Å²) in [5.41, 5.74) is 5.45. The quantitative estimate of drug-likeness (QED) is 0.0998. The summed E-state index contributed by atoms with van der Waals surface area (Å²) in [6.45, 7) is 33.3. The molecule has 0 saturated carbocycles. The molecule has 2 aromatic carbocycles. The van der Waals surface area contributed by atoms with Gasteiger partial charge in [0, 0.05) is 34.5 Å². The lowest BCUT2D eigenvalue weighted by atomic mass is 9.78. The maximum Gasteiger partial charge on any atom is 0.309 e. The van der Waals surface area contributed by atoms with Crippen molar-refractivity contribution in [1.82, 2.24) is 0 Å². The Morgan fingerprint density at radius 1 is 0.509 bits per heavy atom. The van der Waals surface area contributed by atoms with Gasteiger partial charge in [-0.05, 0) is 94.6 Å². The predicted octanol–water partition coefficient (Wildman–Crippen LogP) is 12.2. The molecule has 2 aromatic rings. The van der Waals surface area contributed by atoms with Crippen molar-refractivity contribution >= 4 is 47.2 Å². The van der Waals surface area contributed by atoms with E-state index in [0.29, 0.717) is 11.5 Å². The highest BCUT2D eigenvalue weighted by atomic mass is 32.2. The van der Waals surface area contributed by atoms with Gasteiger partial charge in [-0.15, -0.1) is 0 Å². The van der Waals surface area contributed by atoms with Gasteiger partial charge >= 0.3 is 11.9 Å². The second kappa shape index (κ2) is 22.0. The molecular weight excluding hydrogens is 769 g/mol. The smallest absolute Gasteiger partial charge is 0.309 e. The van der Waals surface area contributed by atoms with Gasteiger partial charge in [-0.3, -0.25) is 9.59 Å². The summed E-state index contributed by atoms with van der Waals surface area (Å²) >= 11 is 5.50. The minimum absolute atomic E-state index is 0.140. The number of carbonyl (C=O) groups excluding carboxylic acids is 2. The largest absolute Gasteiger partial charge is 0.507 e. The summed E-state index contributed by atoms with van der Waals surface area (Å²) in [6.07, 6.45) is 2.66. The van der Waals surface area contributed by atoms with E-state index in [1.165, 1.54) is 0 Å². The first-order chi connectivity index (χ1) is 26.1. The van der Waals surface area contributed by atoms with Crippen molar-refractivity contribution in [2.75, 3.05) is 34.5 Å². The Morgan fingerprint density at radius 2 is 0.772 bits per heavy atom. The molecule has 324 valence electrons. The number of hydrogen-bond acceptors (Lipinski definition) is 9. The number of aryl methyl sites for hydroxylation is 2. The first-order valence-electron chi connectivity index (χ1n) is 21.0. The van der Waals surface area contributed by atoms with Crippen LogP contribution in [0.1, 0.15) is 157 Å². The van der Waals surface area contributed by atoms with Crippen LogP contribution < -0.4 is 0 Å². The maximum atomic E-state index is 12.8. The second-order valence-corrected chi connectivity index (χ2v) is 23.7. The molecule has 0 saturated heterocycles. The third kappa shape index (κ3) is 17.3. The van der Waals surface area contributed by atoms with Gasteiger partial charge in [0.15, 0.2) is 0 Å².